The van der Waals surface area contributed by atoms with Crippen molar-refractivity contribution in [2.24, 2.45) is 11.8 Å². The van der Waals surface area contributed by atoms with Gasteiger partial charge in [-0.3, -0.25) is 10.2 Å². The lowest BCUT2D eigenvalue weighted by molar-refractivity contribution is -0.143. The van der Waals surface area contributed by atoms with Crippen molar-refractivity contribution in [3.05, 3.63) is 34.9 Å². The average Bonchev–Trinajstić information content (AvgIpc) is 2.95. The molecule has 7 heteroatoms. The van der Waals surface area contributed by atoms with Crippen LogP contribution in [-0.4, -0.2) is 29.6 Å². The van der Waals surface area contributed by atoms with Crippen molar-refractivity contribution >= 4 is 23.5 Å². The van der Waals surface area contributed by atoms with E-state index < -0.39 is 17.9 Å². The Morgan fingerprint density at radius 1 is 1.43 bits per heavy atom. The minimum Gasteiger partial charge on any atom is -0.480 e. The molecule has 126 valence electrons. The van der Waals surface area contributed by atoms with Crippen LogP contribution in [0.4, 0.5) is 0 Å². The van der Waals surface area contributed by atoms with E-state index in [1.54, 1.807) is 12.1 Å². The molecule has 6 nitrogen and oxygen atoms in total. The molecule has 1 amide bonds. The van der Waals surface area contributed by atoms with Crippen LogP contribution in [0.5, 0.6) is 0 Å². The van der Waals surface area contributed by atoms with E-state index in [0.717, 1.165) is 5.56 Å². The molecule has 1 aliphatic heterocycles. The van der Waals surface area contributed by atoms with E-state index >= 15 is 0 Å². The molecule has 2 unspecified atom stereocenters. The quantitative estimate of drug-likeness (QED) is 0.633. The summed E-state index contributed by atoms with van der Waals surface area (Å²) in [5, 5.41) is 12.5. The van der Waals surface area contributed by atoms with Crippen molar-refractivity contribution < 1.29 is 14.7 Å². The SMILES string of the molecule is CC(C)C[C@@H](NC(=O)C1CNNC1c1cccc(Cl)c1)C(=O)O. The largest absolute Gasteiger partial charge is 0.480 e. The summed E-state index contributed by atoms with van der Waals surface area (Å²) in [4.78, 5) is 23.8. The number of amides is 1. The zero-order chi connectivity index (χ0) is 17.0. The second kappa shape index (κ2) is 7.77. The number of carboxylic acids is 1. The van der Waals surface area contributed by atoms with Crippen LogP contribution < -0.4 is 16.2 Å². The molecule has 1 saturated heterocycles. The lowest BCUT2D eigenvalue weighted by Crippen LogP contribution is -2.45. The van der Waals surface area contributed by atoms with Gasteiger partial charge < -0.3 is 10.4 Å². The van der Waals surface area contributed by atoms with Gasteiger partial charge in [0.25, 0.3) is 0 Å². The highest BCUT2D eigenvalue weighted by molar-refractivity contribution is 6.30. The first-order chi connectivity index (χ1) is 10.9. The third-order valence-corrected chi connectivity index (χ3v) is 4.08. The highest BCUT2D eigenvalue weighted by atomic mass is 35.5. The molecular formula is C16H22ClN3O3. The van der Waals surface area contributed by atoms with Crippen molar-refractivity contribution in [1.82, 2.24) is 16.2 Å². The predicted octanol–water partition coefficient (Wildman–Crippen LogP) is 1.72. The van der Waals surface area contributed by atoms with E-state index in [1.807, 2.05) is 26.0 Å². The van der Waals surface area contributed by atoms with E-state index in [4.69, 9.17) is 11.6 Å². The third kappa shape index (κ3) is 4.67. The summed E-state index contributed by atoms with van der Waals surface area (Å²) in [6.45, 7) is 4.28. The van der Waals surface area contributed by atoms with Crippen LogP contribution >= 0.6 is 11.6 Å². The Labute approximate surface area is 140 Å². The average molecular weight is 340 g/mol. The zero-order valence-corrected chi connectivity index (χ0v) is 13.9. The smallest absolute Gasteiger partial charge is 0.326 e. The number of hydrogen-bond acceptors (Lipinski definition) is 4. The van der Waals surface area contributed by atoms with Crippen LogP contribution in [0.1, 0.15) is 31.9 Å². The number of carboxylic acid groups (broad SMARTS) is 1. The molecule has 23 heavy (non-hydrogen) atoms. The normalized spacial score (nSPS) is 22.1. The molecular weight excluding hydrogens is 318 g/mol. The van der Waals surface area contributed by atoms with Gasteiger partial charge in [0.05, 0.1) is 12.0 Å². The molecule has 0 bridgehead atoms. The summed E-state index contributed by atoms with van der Waals surface area (Å²) in [6, 6.07) is 6.16. The Bertz CT molecular complexity index is 579. The number of hydrazine groups is 1. The van der Waals surface area contributed by atoms with Crippen LogP contribution in [0.25, 0.3) is 0 Å². The van der Waals surface area contributed by atoms with Crippen LogP contribution in [-0.2, 0) is 9.59 Å². The number of nitrogens with one attached hydrogen (secondary N) is 3. The number of carbonyl (C=O) groups excluding carboxylic acids is 1. The van der Waals surface area contributed by atoms with Gasteiger partial charge in [-0.25, -0.2) is 10.2 Å². The van der Waals surface area contributed by atoms with Gasteiger partial charge in [-0.05, 0) is 30.0 Å². The molecule has 0 spiro atoms. The highest BCUT2D eigenvalue weighted by Gasteiger charge is 2.35. The second-order valence-corrected chi connectivity index (χ2v) is 6.63. The Balaban J connectivity index is 2.09. The van der Waals surface area contributed by atoms with Gasteiger partial charge in [-0.1, -0.05) is 37.6 Å². The van der Waals surface area contributed by atoms with Gasteiger partial charge in [-0.2, -0.15) is 0 Å². The molecule has 1 fully saturated rings. The van der Waals surface area contributed by atoms with Crippen molar-refractivity contribution in [1.29, 1.82) is 0 Å². The fourth-order valence-corrected chi connectivity index (χ4v) is 2.93. The minimum absolute atomic E-state index is 0.181. The van der Waals surface area contributed by atoms with E-state index in [1.165, 1.54) is 0 Å². The summed E-state index contributed by atoms with van der Waals surface area (Å²) in [6.07, 6.45) is 0.399. The first-order valence-electron chi connectivity index (χ1n) is 7.65. The molecule has 1 heterocycles. The van der Waals surface area contributed by atoms with Crippen LogP contribution in [0, 0.1) is 11.8 Å². The molecule has 4 N–H and O–H groups in total. The highest BCUT2D eigenvalue weighted by Crippen LogP contribution is 2.27. The zero-order valence-electron chi connectivity index (χ0n) is 13.2. The van der Waals surface area contributed by atoms with Gasteiger partial charge in [0, 0.05) is 11.6 Å². The van der Waals surface area contributed by atoms with Gasteiger partial charge in [0.1, 0.15) is 6.04 Å². The molecule has 0 aromatic heterocycles. The third-order valence-electron chi connectivity index (χ3n) is 3.85. The number of halogens is 1. The van der Waals surface area contributed by atoms with Crippen LogP contribution in [0.3, 0.4) is 0 Å². The van der Waals surface area contributed by atoms with Gasteiger partial charge >= 0.3 is 5.97 Å². The standard InChI is InChI=1S/C16H22ClN3O3/c1-9(2)6-13(16(22)23)19-15(21)12-8-18-20-14(12)10-4-3-5-11(17)7-10/h3-5,7,9,12-14,18,20H,6,8H2,1-2H3,(H,19,21)(H,22,23)/t12?,13-,14?/m1/s1. The molecule has 2 rings (SSSR count). The monoisotopic (exact) mass is 339 g/mol. The summed E-state index contributed by atoms with van der Waals surface area (Å²) < 4.78 is 0. The predicted molar refractivity (Wildman–Crippen MR) is 87.8 cm³/mol. The van der Waals surface area contributed by atoms with Gasteiger partial charge in [0.2, 0.25) is 5.91 Å². The molecule has 0 aliphatic carbocycles. The number of carbonyl (C=O) groups is 2. The maximum Gasteiger partial charge on any atom is 0.326 e. The van der Waals surface area contributed by atoms with E-state index in [-0.39, 0.29) is 17.9 Å². The van der Waals surface area contributed by atoms with Crippen LogP contribution in [0.2, 0.25) is 5.02 Å². The number of benzene rings is 1. The number of aliphatic carboxylic acids is 1. The first kappa shape index (κ1) is 17.7. The fraction of sp³-hybridized carbons (Fsp3) is 0.500. The Kier molecular flexibility index (Phi) is 5.98. The van der Waals surface area contributed by atoms with Gasteiger partial charge in [0.15, 0.2) is 0 Å². The molecule has 1 aromatic carbocycles. The minimum atomic E-state index is -1.01. The topological polar surface area (TPSA) is 90.5 Å². The Hall–Kier alpha value is -1.63. The summed E-state index contributed by atoms with van der Waals surface area (Å²) in [7, 11) is 0. The van der Waals surface area contributed by atoms with Gasteiger partial charge in [-0.15, -0.1) is 0 Å². The van der Waals surface area contributed by atoms with E-state index in [0.29, 0.717) is 18.0 Å². The van der Waals surface area contributed by atoms with Crippen molar-refractivity contribution in [3.8, 4) is 0 Å². The van der Waals surface area contributed by atoms with Crippen LogP contribution in [0.15, 0.2) is 24.3 Å². The maximum absolute atomic E-state index is 12.5. The summed E-state index contributed by atoms with van der Waals surface area (Å²) in [5.41, 5.74) is 6.91. The van der Waals surface area contributed by atoms with E-state index in [2.05, 4.69) is 16.2 Å². The molecule has 0 saturated carbocycles. The number of hydrogen-bond donors (Lipinski definition) is 4. The second-order valence-electron chi connectivity index (χ2n) is 6.19. The summed E-state index contributed by atoms with van der Waals surface area (Å²) >= 11 is 6.01. The van der Waals surface area contributed by atoms with Crippen molar-refractivity contribution in [3.63, 3.8) is 0 Å². The van der Waals surface area contributed by atoms with Crippen molar-refractivity contribution in [2.75, 3.05) is 6.54 Å². The number of rotatable bonds is 6. The molecule has 1 aromatic rings. The molecule has 3 atom stereocenters. The Morgan fingerprint density at radius 3 is 2.78 bits per heavy atom. The molecule has 1 aliphatic rings. The fourth-order valence-electron chi connectivity index (χ4n) is 2.73. The lowest BCUT2D eigenvalue weighted by Gasteiger charge is -2.22. The summed E-state index contributed by atoms with van der Waals surface area (Å²) in [5.74, 6) is -1.51. The van der Waals surface area contributed by atoms with Crippen molar-refractivity contribution in [2.45, 2.75) is 32.4 Å². The van der Waals surface area contributed by atoms with E-state index in [9.17, 15) is 14.7 Å². The maximum atomic E-state index is 12.5. The molecule has 0 radical (unpaired) electrons. The lowest BCUT2D eigenvalue weighted by atomic mass is 9.93. The Morgan fingerprint density at radius 2 is 2.17 bits per heavy atom. The first-order valence-corrected chi connectivity index (χ1v) is 8.03.